The van der Waals surface area contributed by atoms with Crippen molar-refractivity contribution in [3.8, 4) is 0 Å². The van der Waals surface area contributed by atoms with Gasteiger partial charge in [0.2, 0.25) is 0 Å². The first-order chi connectivity index (χ1) is 12.8. The van der Waals surface area contributed by atoms with E-state index in [1.165, 1.54) is 18.3 Å². The molecule has 1 aromatic carbocycles. The normalized spacial score (nSPS) is 10.2. The molecule has 0 unspecified atom stereocenters. The minimum Gasteiger partial charge on any atom is -0.454 e. The number of halogens is 4. The number of hydrogen-bond acceptors (Lipinski definition) is 5. The number of nitrogens with zero attached hydrogens (tertiary/aromatic N) is 1. The molecule has 0 saturated carbocycles. The molecule has 0 aliphatic rings. The third-order valence-electron chi connectivity index (χ3n) is 3.02. The molecule has 0 aliphatic carbocycles. The zero-order valence-electron chi connectivity index (χ0n) is 13.4. The smallest absolute Gasteiger partial charge is 0.325 e. The van der Waals surface area contributed by atoms with Gasteiger partial charge in [-0.1, -0.05) is 11.6 Å². The Balaban J connectivity index is 1.79. The molecule has 27 heavy (non-hydrogen) atoms. The number of benzene rings is 1. The second kappa shape index (κ2) is 8.99. The highest BCUT2D eigenvalue weighted by atomic mass is 35.5. The molecule has 2 amide bonds. The van der Waals surface area contributed by atoms with Gasteiger partial charge in [0, 0.05) is 11.2 Å². The van der Waals surface area contributed by atoms with Gasteiger partial charge in [-0.25, -0.2) is 13.2 Å². The standard InChI is InChI=1S/C16H11ClF3N3O4/c17-8-3-4-21-11(5-8)16(26)22-6-13(25)27-7-12(24)23-10-2-1-9(18)14(19)15(10)20/h1-5H,6-7H2,(H,22,26)(H,23,24). The topological polar surface area (TPSA) is 97.4 Å². The molecule has 0 atom stereocenters. The molecule has 2 N–H and O–H groups in total. The van der Waals surface area contributed by atoms with Gasteiger partial charge in [-0.3, -0.25) is 19.4 Å². The lowest BCUT2D eigenvalue weighted by molar-refractivity contribution is -0.146. The van der Waals surface area contributed by atoms with Crippen LogP contribution in [-0.2, 0) is 14.3 Å². The summed E-state index contributed by atoms with van der Waals surface area (Å²) in [6, 6.07) is 4.18. The van der Waals surface area contributed by atoms with Crippen molar-refractivity contribution >= 4 is 35.1 Å². The largest absolute Gasteiger partial charge is 0.454 e. The number of aromatic nitrogens is 1. The maximum Gasteiger partial charge on any atom is 0.325 e. The predicted octanol–water partition coefficient (Wildman–Crippen LogP) is 2.06. The van der Waals surface area contributed by atoms with E-state index in [4.69, 9.17) is 11.6 Å². The summed E-state index contributed by atoms with van der Waals surface area (Å²) in [5.74, 6) is -7.40. The summed E-state index contributed by atoms with van der Waals surface area (Å²) in [5.41, 5.74) is -0.642. The number of amides is 2. The third kappa shape index (κ3) is 5.68. The lowest BCUT2D eigenvalue weighted by Gasteiger charge is -2.08. The number of carbonyl (C=O) groups excluding carboxylic acids is 3. The van der Waals surface area contributed by atoms with Crippen LogP contribution in [0.15, 0.2) is 30.5 Å². The van der Waals surface area contributed by atoms with Crippen molar-refractivity contribution in [1.82, 2.24) is 10.3 Å². The van der Waals surface area contributed by atoms with Gasteiger partial charge in [-0.2, -0.15) is 0 Å². The molecule has 142 valence electrons. The molecule has 1 heterocycles. The first-order valence-corrected chi connectivity index (χ1v) is 7.64. The van der Waals surface area contributed by atoms with Gasteiger partial charge in [0.25, 0.3) is 11.8 Å². The molecular weight excluding hydrogens is 391 g/mol. The van der Waals surface area contributed by atoms with Crippen molar-refractivity contribution in [1.29, 1.82) is 0 Å². The number of rotatable bonds is 6. The lowest BCUT2D eigenvalue weighted by Crippen LogP contribution is -2.32. The summed E-state index contributed by atoms with van der Waals surface area (Å²) >= 11 is 5.71. The molecule has 0 saturated heterocycles. The molecule has 0 radical (unpaired) electrons. The molecular formula is C16H11ClF3N3O4. The number of hydrogen-bond donors (Lipinski definition) is 2. The van der Waals surface area contributed by atoms with Crippen LogP contribution >= 0.6 is 11.6 Å². The van der Waals surface area contributed by atoms with E-state index < -0.39 is 54.1 Å². The van der Waals surface area contributed by atoms with Crippen molar-refractivity contribution in [2.75, 3.05) is 18.5 Å². The fraction of sp³-hybridized carbons (Fsp3) is 0.125. The Labute approximate surface area is 155 Å². The van der Waals surface area contributed by atoms with Crippen LogP contribution in [0.1, 0.15) is 10.5 Å². The number of nitrogens with one attached hydrogen (secondary N) is 2. The van der Waals surface area contributed by atoms with Gasteiger partial charge >= 0.3 is 5.97 Å². The number of carbonyl (C=O) groups is 3. The summed E-state index contributed by atoms with van der Waals surface area (Å²) in [4.78, 5) is 38.6. The average molecular weight is 402 g/mol. The molecule has 11 heteroatoms. The van der Waals surface area contributed by atoms with Crippen molar-refractivity contribution in [2.45, 2.75) is 0 Å². The maximum atomic E-state index is 13.4. The summed E-state index contributed by atoms with van der Waals surface area (Å²) in [6.07, 6.45) is 1.30. The summed E-state index contributed by atoms with van der Waals surface area (Å²) in [5, 5.41) is 4.40. The van der Waals surface area contributed by atoms with Crippen LogP contribution in [0.3, 0.4) is 0 Å². The fourth-order valence-electron chi connectivity index (χ4n) is 1.78. The van der Waals surface area contributed by atoms with E-state index in [-0.39, 0.29) is 10.7 Å². The van der Waals surface area contributed by atoms with E-state index >= 15 is 0 Å². The summed E-state index contributed by atoms with van der Waals surface area (Å²) in [6.45, 7) is -1.40. The molecule has 0 aliphatic heterocycles. The second-order valence-electron chi connectivity index (χ2n) is 4.97. The van der Waals surface area contributed by atoms with Gasteiger partial charge in [-0.05, 0) is 24.3 Å². The van der Waals surface area contributed by atoms with E-state index in [2.05, 4.69) is 15.0 Å². The van der Waals surface area contributed by atoms with Crippen LogP contribution in [0.4, 0.5) is 18.9 Å². The Morgan fingerprint density at radius 2 is 1.85 bits per heavy atom. The highest BCUT2D eigenvalue weighted by Gasteiger charge is 2.16. The highest BCUT2D eigenvalue weighted by molar-refractivity contribution is 6.30. The Bertz CT molecular complexity index is 895. The average Bonchev–Trinajstić information content (AvgIpc) is 2.65. The van der Waals surface area contributed by atoms with Crippen molar-refractivity contribution < 1.29 is 32.3 Å². The summed E-state index contributed by atoms with van der Waals surface area (Å²) in [7, 11) is 0. The molecule has 7 nitrogen and oxygen atoms in total. The molecule has 1 aromatic heterocycles. The van der Waals surface area contributed by atoms with Crippen LogP contribution < -0.4 is 10.6 Å². The fourth-order valence-corrected chi connectivity index (χ4v) is 1.94. The predicted molar refractivity (Wildman–Crippen MR) is 87.5 cm³/mol. The van der Waals surface area contributed by atoms with E-state index in [1.807, 2.05) is 5.32 Å². The van der Waals surface area contributed by atoms with E-state index in [9.17, 15) is 27.6 Å². The van der Waals surface area contributed by atoms with E-state index in [0.717, 1.165) is 6.07 Å². The van der Waals surface area contributed by atoms with Crippen molar-refractivity contribution in [3.05, 3.63) is 58.6 Å². The Hall–Kier alpha value is -3.14. The zero-order valence-corrected chi connectivity index (χ0v) is 14.1. The van der Waals surface area contributed by atoms with Crippen LogP contribution in [-0.4, -0.2) is 35.9 Å². The second-order valence-corrected chi connectivity index (χ2v) is 5.41. The number of anilines is 1. The monoisotopic (exact) mass is 401 g/mol. The third-order valence-corrected chi connectivity index (χ3v) is 3.26. The van der Waals surface area contributed by atoms with Crippen LogP contribution in [0.2, 0.25) is 5.02 Å². The molecule has 0 spiro atoms. The van der Waals surface area contributed by atoms with Crippen molar-refractivity contribution in [3.63, 3.8) is 0 Å². The SMILES string of the molecule is O=C(COC(=O)CNC(=O)c1cc(Cl)ccn1)Nc1ccc(F)c(F)c1F. The highest BCUT2D eigenvalue weighted by Crippen LogP contribution is 2.19. The minimum absolute atomic E-state index is 0.0261. The molecule has 0 fully saturated rings. The van der Waals surface area contributed by atoms with Crippen LogP contribution in [0.5, 0.6) is 0 Å². The van der Waals surface area contributed by atoms with Crippen molar-refractivity contribution in [2.24, 2.45) is 0 Å². The quantitative estimate of drug-likeness (QED) is 0.570. The number of esters is 1. The molecule has 2 aromatic rings. The number of pyridine rings is 1. The first-order valence-electron chi connectivity index (χ1n) is 7.26. The maximum absolute atomic E-state index is 13.4. The Kier molecular flexibility index (Phi) is 6.72. The molecule has 0 bridgehead atoms. The minimum atomic E-state index is -1.75. The Morgan fingerprint density at radius 3 is 2.56 bits per heavy atom. The van der Waals surface area contributed by atoms with Crippen LogP contribution in [0, 0.1) is 17.5 Å². The molecule has 2 rings (SSSR count). The van der Waals surface area contributed by atoms with Crippen LogP contribution in [0.25, 0.3) is 0 Å². The van der Waals surface area contributed by atoms with Gasteiger partial charge < -0.3 is 15.4 Å². The zero-order chi connectivity index (χ0) is 20.0. The van der Waals surface area contributed by atoms with E-state index in [0.29, 0.717) is 6.07 Å². The first kappa shape index (κ1) is 20.2. The van der Waals surface area contributed by atoms with Gasteiger partial charge in [0.05, 0.1) is 5.69 Å². The summed E-state index contributed by atoms with van der Waals surface area (Å²) < 4.78 is 43.9. The van der Waals surface area contributed by atoms with E-state index in [1.54, 1.807) is 0 Å². The lowest BCUT2D eigenvalue weighted by atomic mass is 10.3. The van der Waals surface area contributed by atoms with Gasteiger partial charge in [0.15, 0.2) is 24.1 Å². The van der Waals surface area contributed by atoms with Gasteiger partial charge in [0.1, 0.15) is 12.2 Å². The Morgan fingerprint density at radius 1 is 1.11 bits per heavy atom. The number of ether oxygens (including phenoxy) is 1. The van der Waals surface area contributed by atoms with Gasteiger partial charge in [-0.15, -0.1) is 0 Å².